The second-order valence-corrected chi connectivity index (χ2v) is 7.73. The Kier molecular flexibility index (Phi) is 5.63. The van der Waals surface area contributed by atoms with Crippen molar-refractivity contribution in [2.45, 2.75) is 20.8 Å². The van der Waals surface area contributed by atoms with E-state index in [4.69, 9.17) is 9.72 Å². The number of hydrogen-bond donors (Lipinski definition) is 1. The molecule has 2 heterocycles. The average molecular weight is 439 g/mol. The lowest BCUT2D eigenvalue weighted by Crippen LogP contribution is -2.17. The Morgan fingerprint density at radius 3 is 2.55 bits per heavy atom. The quantitative estimate of drug-likeness (QED) is 0.476. The summed E-state index contributed by atoms with van der Waals surface area (Å²) in [5.74, 6) is -0.369. The van der Waals surface area contributed by atoms with Crippen molar-refractivity contribution in [1.29, 1.82) is 5.26 Å². The van der Waals surface area contributed by atoms with Crippen LogP contribution >= 0.6 is 0 Å². The number of ether oxygens (including phenoxy) is 1. The van der Waals surface area contributed by atoms with Crippen LogP contribution in [0.3, 0.4) is 0 Å². The van der Waals surface area contributed by atoms with Crippen LogP contribution in [0.5, 0.6) is 0 Å². The molecule has 0 spiro atoms. The molecule has 2 aromatic carbocycles. The van der Waals surface area contributed by atoms with E-state index in [-0.39, 0.29) is 22.5 Å². The summed E-state index contributed by atoms with van der Waals surface area (Å²) in [5.41, 5.74) is 4.66. The number of nitrogens with one attached hydrogen (secondary N) is 1. The van der Waals surface area contributed by atoms with Gasteiger partial charge in [-0.05, 0) is 62.2 Å². The lowest BCUT2D eigenvalue weighted by Gasteiger charge is -2.13. The fraction of sp³-hybridized carbons (Fsp3) is 0.160. The number of esters is 1. The number of nitrogens with zero attached hydrogens (tertiary/aromatic N) is 4. The highest BCUT2D eigenvalue weighted by Gasteiger charge is 2.19. The maximum atomic E-state index is 13.0. The number of aromatic nitrogens is 3. The predicted octanol–water partition coefficient (Wildman–Crippen LogP) is 4.26. The Labute approximate surface area is 190 Å². The molecule has 0 aliphatic carbocycles. The topological polar surface area (TPSA) is 110 Å². The van der Waals surface area contributed by atoms with Crippen molar-refractivity contribution in [3.8, 4) is 11.9 Å². The van der Waals surface area contributed by atoms with E-state index >= 15 is 0 Å². The van der Waals surface area contributed by atoms with Crippen LogP contribution in [0.15, 0.2) is 48.7 Å². The molecular formula is C25H21N5O3. The molecule has 164 valence electrons. The van der Waals surface area contributed by atoms with E-state index < -0.39 is 11.9 Å². The smallest absolute Gasteiger partial charge is 0.337 e. The zero-order valence-corrected chi connectivity index (χ0v) is 18.6. The van der Waals surface area contributed by atoms with Gasteiger partial charge in [0.15, 0.2) is 11.6 Å². The lowest BCUT2D eigenvalue weighted by atomic mass is 10.0. The Balaban J connectivity index is 1.77. The normalized spacial score (nSPS) is 10.6. The van der Waals surface area contributed by atoms with Crippen molar-refractivity contribution in [1.82, 2.24) is 14.8 Å². The standard InChI is InChI=1S/C25H21N5O3/c1-14-8-16(3)22-20(9-14)15(2)10-21(28-22)30-23(19(12-26)13-27-30)29-24(31)17-6-5-7-18(11-17)25(32)33-4/h5-11,13H,1-4H3,(H,29,31). The first-order valence-corrected chi connectivity index (χ1v) is 10.2. The van der Waals surface area contributed by atoms with Gasteiger partial charge in [-0.25, -0.2) is 9.78 Å². The van der Waals surface area contributed by atoms with Gasteiger partial charge < -0.3 is 10.1 Å². The number of carbonyl (C=O) groups excluding carboxylic acids is 2. The van der Waals surface area contributed by atoms with Gasteiger partial charge in [0.2, 0.25) is 0 Å². The summed E-state index contributed by atoms with van der Waals surface area (Å²) in [6.07, 6.45) is 1.38. The van der Waals surface area contributed by atoms with Gasteiger partial charge in [-0.1, -0.05) is 17.7 Å². The molecule has 8 nitrogen and oxygen atoms in total. The lowest BCUT2D eigenvalue weighted by molar-refractivity contribution is 0.0600. The number of benzene rings is 2. The summed E-state index contributed by atoms with van der Waals surface area (Å²) in [4.78, 5) is 29.5. The number of carbonyl (C=O) groups is 2. The molecule has 0 bridgehead atoms. The van der Waals surface area contributed by atoms with Crippen LogP contribution in [0.2, 0.25) is 0 Å². The van der Waals surface area contributed by atoms with Crippen LogP contribution < -0.4 is 5.32 Å². The Morgan fingerprint density at radius 2 is 1.82 bits per heavy atom. The number of methoxy groups -OCH3 is 1. The van der Waals surface area contributed by atoms with Crippen molar-refractivity contribution in [2.75, 3.05) is 12.4 Å². The van der Waals surface area contributed by atoms with E-state index in [0.717, 1.165) is 27.6 Å². The second-order valence-electron chi connectivity index (χ2n) is 7.73. The number of hydrogen-bond acceptors (Lipinski definition) is 6. The van der Waals surface area contributed by atoms with Gasteiger partial charge in [0.1, 0.15) is 11.6 Å². The fourth-order valence-electron chi connectivity index (χ4n) is 3.74. The summed E-state index contributed by atoms with van der Waals surface area (Å²) < 4.78 is 6.15. The third kappa shape index (κ3) is 4.04. The Morgan fingerprint density at radius 1 is 1.06 bits per heavy atom. The maximum absolute atomic E-state index is 13.0. The molecule has 2 aromatic heterocycles. The van der Waals surface area contributed by atoms with Gasteiger partial charge in [-0.2, -0.15) is 15.0 Å². The van der Waals surface area contributed by atoms with Crippen LogP contribution in [0, 0.1) is 32.1 Å². The number of pyridine rings is 1. The molecule has 0 saturated heterocycles. The number of nitriles is 1. The van der Waals surface area contributed by atoms with Crippen molar-refractivity contribution >= 4 is 28.6 Å². The van der Waals surface area contributed by atoms with Crippen LogP contribution in [0.4, 0.5) is 5.82 Å². The van der Waals surface area contributed by atoms with Crippen LogP contribution in [-0.2, 0) is 4.74 Å². The number of fused-ring (bicyclic) bond motifs is 1. The third-order valence-electron chi connectivity index (χ3n) is 5.33. The number of anilines is 1. The number of rotatable bonds is 4. The molecule has 0 fully saturated rings. The van der Waals surface area contributed by atoms with E-state index in [1.54, 1.807) is 18.2 Å². The van der Waals surface area contributed by atoms with Gasteiger partial charge in [0.05, 0.1) is 24.4 Å². The molecule has 0 radical (unpaired) electrons. The van der Waals surface area contributed by atoms with E-state index in [2.05, 4.69) is 28.6 Å². The zero-order valence-electron chi connectivity index (χ0n) is 18.6. The van der Waals surface area contributed by atoms with Gasteiger partial charge in [-0.3, -0.25) is 4.79 Å². The van der Waals surface area contributed by atoms with E-state index in [1.165, 1.54) is 24.1 Å². The number of aryl methyl sites for hydroxylation is 3. The molecular weight excluding hydrogens is 418 g/mol. The summed E-state index contributed by atoms with van der Waals surface area (Å²) >= 11 is 0. The minimum atomic E-state index is -0.547. The predicted molar refractivity (Wildman–Crippen MR) is 124 cm³/mol. The zero-order chi connectivity index (χ0) is 23.7. The Hall–Kier alpha value is -4.51. The minimum Gasteiger partial charge on any atom is -0.465 e. The van der Waals surface area contributed by atoms with E-state index in [0.29, 0.717) is 5.82 Å². The molecule has 0 atom stereocenters. The first kappa shape index (κ1) is 21.7. The Bertz CT molecular complexity index is 1460. The first-order chi connectivity index (χ1) is 15.8. The minimum absolute atomic E-state index is 0.188. The maximum Gasteiger partial charge on any atom is 0.337 e. The first-order valence-electron chi connectivity index (χ1n) is 10.2. The van der Waals surface area contributed by atoms with Gasteiger partial charge in [0, 0.05) is 10.9 Å². The van der Waals surface area contributed by atoms with Crippen molar-refractivity contribution in [3.63, 3.8) is 0 Å². The molecule has 33 heavy (non-hydrogen) atoms. The molecule has 4 aromatic rings. The fourth-order valence-corrected chi connectivity index (χ4v) is 3.74. The van der Waals surface area contributed by atoms with Crippen molar-refractivity contribution in [3.05, 3.63) is 82.0 Å². The molecule has 1 N–H and O–H groups in total. The molecule has 0 aliphatic heterocycles. The van der Waals surface area contributed by atoms with Crippen LogP contribution in [0.1, 0.15) is 43.0 Å². The molecule has 1 amide bonds. The summed E-state index contributed by atoms with van der Waals surface area (Å²) in [6.45, 7) is 6.01. The van der Waals surface area contributed by atoms with Crippen molar-refractivity contribution < 1.29 is 14.3 Å². The van der Waals surface area contributed by atoms with Crippen LogP contribution in [-0.4, -0.2) is 33.8 Å². The second kappa shape index (κ2) is 8.55. The van der Waals surface area contributed by atoms with Gasteiger partial charge in [0.25, 0.3) is 5.91 Å². The van der Waals surface area contributed by atoms with E-state index in [9.17, 15) is 14.9 Å². The monoisotopic (exact) mass is 439 g/mol. The SMILES string of the molecule is COC(=O)c1cccc(C(=O)Nc2c(C#N)cnn2-c2cc(C)c3cc(C)cc(C)c3n2)c1. The summed E-state index contributed by atoms with van der Waals surface area (Å²) in [6, 6.07) is 14.2. The van der Waals surface area contributed by atoms with Crippen LogP contribution in [0.25, 0.3) is 16.7 Å². The summed E-state index contributed by atoms with van der Waals surface area (Å²) in [7, 11) is 1.27. The molecule has 4 rings (SSSR count). The van der Waals surface area contributed by atoms with Gasteiger partial charge >= 0.3 is 5.97 Å². The van der Waals surface area contributed by atoms with Crippen molar-refractivity contribution in [2.24, 2.45) is 0 Å². The largest absolute Gasteiger partial charge is 0.465 e. The number of amides is 1. The molecule has 0 saturated carbocycles. The van der Waals surface area contributed by atoms with Gasteiger partial charge in [-0.15, -0.1) is 0 Å². The summed E-state index contributed by atoms with van der Waals surface area (Å²) in [5, 5.41) is 17.7. The molecule has 8 heteroatoms. The highest BCUT2D eigenvalue weighted by atomic mass is 16.5. The third-order valence-corrected chi connectivity index (χ3v) is 5.33. The highest BCUT2D eigenvalue weighted by molar-refractivity contribution is 6.06. The molecule has 0 unspecified atom stereocenters. The average Bonchev–Trinajstić information content (AvgIpc) is 3.21. The molecule has 0 aliphatic rings. The highest BCUT2D eigenvalue weighted by Crippen LogP contribution is 2.26. The van der Waals surface area contributed by atoms with E-state index in [1.807, 2.05) is 26.8 Å².